The minimum Gasteiger partial charge on any atom is -0.339 e. The normalized spacial score (nSPS) is 26.2. The molecule has 1 N–H and O–H groups in total. The van der Waals surface area contributed by atoms with E-state index in [0.717, 1.165) is 16.8 Å². The topological polar surface area (TPSA) is 92.3 Å². The molecule has 1 aromatic carbocycles. The van der Waals surface area contributed by atoms with E-state index in [4.69, 9.17) is 0 Å². The molecule has 188 valence electrons. The van der Waals surface area contributed by atoms with Crippen LogP contribution in [-0.4, -0.2) is 45.1 Å². The zero-order valence-electron chi connectivity index (χ0n) is 21.1. The second-order valence-corrected chi connectivity index (χ2v) is 10.6. The summed E-state index contributed by atoms with van der Waals surface area (Å²) >= 11 is 0. The van der Waals surface area contributed by atoms with Gasteiger partial charge in [-0.2, -0.15) is 0 Å². The Morgan fingerprint density at radius 2 is 1.92 bits per heavy atom. The fourth-order valence-corrected chi connectivity index (χ4v) is 6.60. The number of likely N-dealkylation sites (tertiary alicyclic amines) is 1. The first kappa shape index (κ1) is 23.5. The van der Waals surface area contributed by atoms with E-state index in [1.54, 1.807) is 12.4 Å². The number of rotatable bonds is 5. The molecule has 4 atom stereocenters. The molecule has 7 nitrogen and oxygen atoms in total. The predicted octanol–water partition coefficient (Wildman–Crippen LogP) is 4.08. The first-order valence-corrected chi connectivity index (χ1v) is 13.0. The number of carbonyl (C=O) groups excluding carboxylic acids is 3. The summed E-state index contributed by atoms with van der Waals surface area (Å²) in [6, 6.07) is 16.0. The first-order valence-electron chi connectivity index (χ1n) is 13.0. The van der Waals surface area contributed by atoms with Gasteiger partial charge in [-0.25, -0.2) is 4.98 Å². The van der Waals surface area contributed by atoms with Gasteiger partial charge < -0.3 is 10.2 Å². The standard InChI is InChI=1S/C30H30N4O3/c1-3-34-18(2)23(19-8-5-4-6-9-19)13-20(28(34)36)14-26(35)22-12-21-15-30(16-25(21)32-17-22)24-10-7-11-31-27(24)33-29(30)37/h4-12,17-18,20,23H,3,13-16H2,1-2H3,(H,31,33,37)/t18-,20-,23-,30+/m1/s1. The molecule has 1 spiro atoms. The molecule has 2 aromatic heterocycles. The van der Waals surface area contributed by atoms with E-state index in [0.29, 0.717) is 37.2 Å². The summed E-state index contributed by atoms with van der Waals surface area (Å²) in [5, 5.41) is 2.91. The number of Topliss-reactive ketones (excluding diaryl/α,β-unsaturated/α-hetero) is 1. The van der Waals surface area contributed by atoms with Crippen molar-refractivity contribution in [2.45, 2.75) is 56.9 Å². The number of nitrogens with zero attached hydrogens (tertiary/aromatic N) is 3. The number of anilines is 1. The summed E-state index contributed by atoms with van der Waals surface area (Å²) in [7, 11) is 0. The summed E-state index contributed by atoms with van der Waals surface area (Å²) < 4.78 is 0. The van der Waals surface area contributed by atoms with Gasteiger partial charge in [0.15, 0.2) is 5.78 Å². The number of amides is 2. The lowest BCUT2D eigenvalue weighted by Crippen LogP contribution is -2.50. The Morgan fingerprint density at radius 3 is 2.70 bits per heavy atom. The number of piperidine rings is 1. The van der Waals surface area contributed by atoms with Crippen LogP contribution in [-0.2, 0) is 27.8 Å². The number of hydrogen-bond donors (Lipinski definition) is 1. The van der Waals surface area contributed by atoms with Crippen LogP contribution < -0.4 is 5.32 Å². The Bertz CT molecular complexity index is 1400. The van der Waals surface area contributed by atoms with Crippen LogP contribution in [0, 0.1) is 5.92 Å². The van der Waals surface area contributed by atoms with Crippen molar-refractivity contribution < 1.29 is 14.4 Å². The second kappa shape index (κ2) is 8.91. The molecule has 0 radical (unpaired) electrons. The van der Waals surface area contributed by atoms with Gasteiger partial charge in [0.05, 0.1) is 5.41 Å². The maximum absolute atomic E-state index is 13.5. The number of benzene rings is 1. The molecule has 0 unspecified atom stereocenters. The minimum absolute atomic E-state index is 0.0512. The highest BCUT2D eigenvalue weighted by Gasteiger charge is 2.51. The van der Waals surface area contributed by atoms with Crippen LogP contribution in [0.1, 0.15) is 65.3 Å². The molecule has 1 aliphatic carbocycles. The minimum atomic E-state index is -0.722. The third-order valence-corrected chi connectivity index (χ3v) is 8.58. The lowest BCUT2D eigenvalue weighted by Gasteiger charge is -2.42. The number of carbonyl (C=O) groups is 3. The number of nitrogens with one attached hydrogen (secondary N) is 1. The van der Waals surface area contributed by atoms with Crippen molar-refractivity contribution >= 4 is 23.4 Å². The van der Waals surface area contributed by atoms with E-state index in [-0.39, 0.29) is 41.9 Å². The zero-order valence-corrected chi connectivity index (χ0v) is 21.1. The molecule has 0 bridgehead atoms. The van der Waals surface area contributed by atoms with Crippen molar-refractivity contribution in [3.05, 3.63) is 88.9 Å². The summed E-state index contributed by atoms with van der Waals surface area (Å²) in [6.07, 6.45) is 5.07. The Hall–Kier alpha value is -3.87. The van der Waals surface area contributed by atoms with E-state index < -0.39 is 5.41 Å². The molecule has 7 heteroatoms. The van der Waals surface area contributed by atoms with Crippen molar-refractivity contribution in [2.24, 2.45) is 5.92 Å². The van der Waals surface area contributed by atoms with Gasteiger partial charge in [0.1, 0.15) is 5.82 Å². The largest absolute Gasteiger partial charge is 0.339 e. The van der Waals surface area contributed by atoms with E-state index in [1.807, 2.05) is 48.2 Å². The smallest absolute Gasteiger partial charge is 0.237 e. The van der Waals surface area contributed by atoms with Gasteiger partial charge in [-0.3, -0.25) is 19.4 Å². The Balaban J connectivity index is 1.23. The van der Waals surface area contributed by atoms with Gasteiger partial charge in [-0.15, -0.1) is 0 Å². The van der Waals surface area contributed by atoms with Crippen LogP contribution in [0.5, 0.6) is 0 Å². The number of ketones is 1. The fraction of sp³-hybridized carbons (Fsp3) is 0.367. The van der Waals surface area contributed by atoms with Crippen LogP contribution in [0.15, 0.2) is 60.9 Å². The molecular formula is C30H30N4O3. The number of aromatic nitrogens is 2. The van der Waals surface area contributed by atoms with Crippen LogP contribution in [0.2, 0.25) is 0 Å². The third-order valence-electron chi connectivity index (χ3n) is 8.58. The van der Waals surface area contributed by atoms with Crippen LogP contribution in [0.4, 0.5) is 5.82 Å². The predicted molar refractivity (Wildman–Crippen MR) is 139 cm³/mol. The van der Waals surface area contributed by atoms with E-state index in [1.165, 1.54) is 5.56 Å². The lowest BCUT2D eigenvalue weighted by atomic mass is 9.77. The average Bonchev–Trinajstić information content (AvgIpc) is 3.43. The van der Waals surface area contributed by atoms with Gasteiger partial charge in [-0.05, 0) is 49.9 Å². The summed E-state index contributed by atoms with van der Waals surface area (Å²) in [4.78, 5) is 50.6. The Labute approximate surface area is 216 Å². The van der Waals surface area contributed by atoms with E-state index in [2.05, 4.69) is 34.3 Å². The fourth-order valence-electron chi connectivity index (χ4n) is 6.60. The molecule has 3 aromatic rings. The highest BCUT2D eigenvalue weighted by atomic mass is 16.2. The van der Waals surface area contributed by atoms with E-state index >= 15 is 0 Å². The summed E-state index contributed by atoms with van der Waals surface area (Å²) in [5.41, 5.74) is 3.63. The third kappa shape index (κ3) is 3.76. The van der Waals surface area contributed by atoms with Crippen molar-refractivity contribution in [1.82, 2.24) is 14.9 Å². The second-order valence-electron chi connectivity index (χ2n) is 10.6. The maximum Gasteiger partial charge on any atom is 0.237 e. The summed E-state index contributed by atoms with van der Waals surface area (Å²) in [5.74, 6) is 0.326. The van der Waals surface area contributed by atoms with Crippen molar-refractivity contribution in [3.63, 3.8) is 0 Å². The molecule has 2 aliphatic heterocycles. The molecule has 3 aliphatic rings. The van der Waals surface area contributed by atoms with Gasteiger partial charge >= 0.3 is 0 Å². The van der Waals surface area contributed by atoms with Crippen LogP contribution in [0.25, 0.3) is 0 Å². The maximum atomic E-state index is 13.5. The molecule has 4 heterocycles. The van der Waals surface area contributed by atoms with Gasteiger partial charge in [-0.1, -0.05) is 36.4 Å². The highest BCUT2D eigenvalue weighted by Crippen LogP contribution is 2.46. The highest BCUT2D eigenvalue weighted by molar-refractivity contribution is 6.06. The number of pyridine rings is 2. The Kier molecular flexibility index (Phi) is 5.66. The van der Waals surface area contributed by atoms with Crippen molar-refractivity contribution in [3.8, 4) is 0 Å². The van der Waals surface area contributed by atoms with Crippen molar-refractivity contribution in [1.29, 1.82) is 0 Å². The molecule has 0 saturated carbocycles. The molecule has 1 saturated heterocycles. The molecule has 37 heavy (non-hydrogen) atoms. The number of likely N-dealkylation sites (N-methyl/N-ethyl adjacent to an activating group) is 1. The molecule has 1 fully saturated rings. The quantitative estimate of drug-likeness (QED) is 0.540. The Morgan fingerprint density at radius 1 is 1.11 bits per heavy atom. The molecule has 2 amide bonds. The van der Waals surface area contributed by atoms with Gasteiger partial charge in [0.25, 0.3) is 0 Å². The van der Waals surface area contributed by atoms with Crippen molar-refractivity contribution in [2.75, 3.05) is 11.9 Å². The lowest BCUT2D eigenvalue weighted by molar-refractivity contribution is -0.142. The first-order chi connectivity index (χ1) is 17.9. The molecule has 6 rings (SSSR count). The SMILES string of the molecule is CCN1C(=O)[C@@H](CC(=O)c2cnc3c(c2)C[C@@]2(C3)C(=O)Nc3ncccc32)C[C@@H](c2ccccc2)[C@H]1C. The number of fused-ring (bicyclic) bond motifs is 3. The van der Waals surface area contributed by atoms with Gasteiger partial charge in [0, 0.05) is 66.5 Å². The average molecular weight is 495 g/mol. The van der Waals surface area contributed by atoms with Crippen LogP contribution >= 0.6 is 0 Å². The molecular weight excluding hydrogens is 464 g/mol. The van der Waals surface area contributed by atoms with Gasteiger partial charge in [0.2, 0.25) is 11.8 Å². The zero-order chi connectivity index (χ0) is 25.7. The number of hydrogen-bond acceptors (Lipinski definition) is 5. The monoisotopic (exact) mass is 494 g/mol. The summed E-state index contributed by atoms with van der Waals surface area (Å²) in [6.45, 7) is 4.72. The van der Waals surface area contributed by atoms with Crippen LogP contribution in [0.3, 0.4) is 0 Å². The van der Waals surface area contributed by atoms with E-state index in [9.17, 15) is 14.4 Å².